The highest BCUT2D eigenvalue weighted by molar-refractivity contribution is 5.62. The van der Waals surface area contributed by atoms with E-state index in [0.29, 0.717) is 11.1 Å². The number of allylic oxidation sites excluding steroid dienone is 2. The van der Waals surface area contributed by atoms with Crippen LogP contribution in [0.2, 0.25) is 0 Å². The molecule has 0 amide bonds. The maximum absolute atomic E-state index is 12.6. The van der Waals surface area contributed by atoms with Gasteiger partial charge in [-0.25, -0.2) is 4.39 Å². The van der Waals surface area contributed by atoms with Gasteiger partial charge < -0.3 is 0 Å². The quantitative estimate of drug-likeness (QED) is 0.514. The molecule has 0 atom stereocenters. The molecule has 1 aromatic carbocycles. The fraction of sp³-hybridized carbons (Fsp3) is 0.0833. The van der Waals surface area contributed by atoms with Crippen LogP contribution in [0.15, 0.2) is 42.0 Å². The molecule has 0 unspecified atom stereocenters. The zero-order chi connectivity index (χ0) is 10.6. The van der Waals surface area contributed by atoms with Crippen LogP contribution in [-0.2, 0) is 0 Å². The Balaban J connectivity index is 3.03. The number of hydrogen-bond acceptors (Lipinski definition) is 1. The molecule has 0 saturated carbocycles. The molecule has 14 heavy (non-hydrogen) atoms. The van der Waals surface area contributed by atoms with Crippen molar-refractivity contribution in [3.8, 4) is 6.07 Å². The summed E-state index contributed by atoms with van der Waals surface area (Å²) in [4.78, 5) is 0. The molecule has 1 aromatic rings. The fourth-order valence-corrected chi connectivity index (χ4v) is 0.977. The summed E-state index contributed by atoms with van der Waals surface area (Å²) in [7, 11) is 0. The summed E-state index contributed by atoms with van der Waals surface area (Å²) in [6, 6.07) is 7.99. The third-order valence-electron chi connectivity index (χ3n) is 1.76. The molecule has 0 bridgehead atoms. The van der Waals surface area contributed by atoms with Crippen molar-refractivity contribution < 1.29 is 4.39 Å². The molecule has 0 aliphatic rings. The maximum Gasteiger partial charge on any atom is 0.123 e. The molecule has 0 aliphatic carbocycles. The Bertz CT molecular complexity index is 407. The van der Waals surface area contributed by atoms with Crippen LogP contribution >= 0.6 is 0 Å². The smallest absolute Gasteiger partial charge is 0.123 e. The van der Waals surface area contributed by atoms with Gasteiger partial charge >= 0.3 is 0 Å². The average Bonchev–Trinajstić information content (AvgIpc) is 2.16. The van der Waals surface area contributed by atoms with Gasteiger partial charge in [0.25, 0.3) is 0 Å². The Kier molecular flexibility index (Phi) is 3.19. The standard InChI is InChI=1S/C12H10FN/c1-9(2)11(8-14)7-10-3-5-12(13)6-4-10/h3-7H,1H2,2H3/b11-7+. The van der Waals surface area contributed by atoms with Gasteiger partial charge in [-0.1, -0.05) is 18.7 Å². The van der Waals surface area contributed by atoms with Gasteiger partial charge in [-0.2, -0.15) is 5.26 Å². The van der Waals surface area contributed by atoms with Crippen molar-refractivity contribution in [2.75, 3.05) is 0 Å². The Morgan fingerprint density at radius 2 is 2.00 bits per heavy atom. The molecule has 0 spiro atoms. The van der Waals surface area contributed by atoms with Crippen molar-refractivity contribution in [3.05, 3.63) is 53.4 Å². The van der Waals surface area contributed by atoms with Gasteiger partial charge in [0.1, 0.15) is 5.82 Å². The van der Waals surface area contributed by atoms with E-state index in [9.17, 15) is 4.39 Å². The predicted molar refractivity (Wildman–Crippen MR) is 54.8 cm³/mol. The topological polar surface area (TPSA) is 23.8 Å². The van der Waals surface area contributed by atoms with Gasteiger partial charge in [0, 0.05) is 0 Å². The van der Waals surface area contributed by atoms with Gasteiger partial charge in [0.2, 0.25) is 0 Å². The first-order valence-corrected chi connectivity index (χ1v) is 4.16. The Labute approximate surface area is 82.8 Å². The molecular formula is C12H10FN. The van der Waals surface area contributed by atoms with Crippen LogP contribution in [0.5, 0.6) is 0 Å². The average molecular weight is 187 g/mol. The van der Waals surface area contributed by atoms with Gasteiger partial charge in [-0.15, -0.1) is 0 Å². The van der Waals surface area contributed by atoms with E-state index in [1.807, 2.05) is 6.07 Å². The van der Waals surface area contributed by atoms with Crippen molar-refractivity contribution in [3.63, 3.8) is 0 Å². The second-order valence-electron chi connectivity index (χ2n) is 3.00. The first-order chi connectivity index (χ1) is 6.63. The first-order valence-electron chi connectivity index (χ1n) is 4.16. The van der Waals surface area contributed by atoms with E-state index in [1.54, 1.807) is 25.1 Å². The SMILES string of the molecule is C=C(C)/C(C#N)=C/c1ccc(F)cc1. The van der Waals surface area contributed by atoms with E-state index in [2.05, 4.69) is 6.58 Å². The highest BCUT2D eigenvalue weighted by atomic mass is 19.1. The van der Waals surface area contributed by atoms with Crippen molar-refractivity contribution in [2.45, 2.75) is 6.92 Å². The molecule has 1 nitrogen and oxygen atoms in total. The van der Waals surface area contributed by atoms with E-state index < -0.39 is 0 Å². The van der Waals surface area contributed by atoms with Gasteiger partial charge in [0.15, 0.2) is 0 Å². The van der Waals surface area contributed by atoms with Crippen molar-refractivity contribution in [1.29, 1.82) is 5.26 Å². The van der Waals surface area contributed by atoms with Crippen LogP contribution in [0.25, 0.3) is 6.08 Å². The lowest BCUT2D eigenvalue weighted by atomic mass is 10.1. The van der Waals surface area contributed by atoms with Crippen molar-refractivity contribution in [1.82, 2.24) is 0 Å². The Morgan fingerprint density at radius 3 is 2.43 bits per heavy atom. The van der Waals surface area contributed by atoms with Crippen LogP contribution < -0.4 is 0 Å². The minimum absolute atomic E-state index is 0.281. The molecule has 0 fully saturated rings. The summed E-state index contributed by atoms with van der Waals surface area (Å²) in [5.41, 5.74) is 2.01. The summed E-state index contributed by atoms with van der Waals surface area (Å²) in [5, 5.41) is 8.76. The minimum atomic E-state index is -0.281. The lowest BCUT2D eigenvalue weighted by Crippen LogP contribution is -1.81. The van der Waals surface area contributed by atoms with Gasteiger partial charge in [-0.3, -0.25) is 0 Å². The fourth-order valence-electron chi connectivity index (χ4n) is 0.977. The van der Waals surface area contributed by atoms with E-state index in [-0.39, 0.29) is 5.82 Å². The number of halogens is 1. The van der Waals surface area contributed by atoms with E-state index in [4.69, 9.17) is 5.26 Å². The Morgan fingerprint density at radius 1 is 1.43 bits per heavy atom. The number of nitrogens with zero attached hydrogens (tertiary/aromatic N) is 1. The second-order valence-corrected chi connectivity index (χ2v) is 3.00. The summed E-state index contributed by atoms with van der Waals surface area (Å²) >= 11 is 0. The molecule has 1 rings (SSSR count). The lowest BCUT2D eigenvalue weighted by molar-refractivity contribution is 0.628. The summed E-state index contributed by atoms with van der Waals surface area (Å²) in [6.07, 6.45) is 1.68. The lowest BCUT2D eigenvalue weighted by Gasteiger charge is -1.96. The summed E-state index contributed by atoms with van der Waals surface area (Å²) < 4.78 is 12.6. The predicted octanol–water partition coefficient (Wildman–Crippen LogP) is 3.31. The third-order valence-corrected chi connectivity index (χ3v) is 1.76. The molecule has 70 valence electrons. The molecular weight excluding hydrogens is 177 g/mol. The molecule has 0 N–H and O–H groups in total. The zero-order valence-electron chi connectivity index (χ0n) is 7.92. The molecule has 0 heterocycles. The normalized spacial score (nSPS) is 10.8. The summed E-state index contributed by atoms with van der Waals surface area (Å²) in [6.45, 7) is 5.44. The van der Waals surface area contributed by atoms with E-state index in [0.717, 1.165) is 5.56 Å². The second kappa shape index (κ2) is 4.38. The zero-order valence-corrected chi connectivity index (χ0v) is 7.92. The Hall–Kier alpha value is -1.88. The molecule has 0 radical (unpaired) electrons. The molecule has 0 aliphatic heterocycles. The minimum Gasteiger partial charge on any atom is -0.207 e. The highest BCUT2D eigenvalue weighted by Gasteiger charge is 1.96. The van der Waals surface area contributed by atoms with Crippen LogP contribution in [0, 0.1) is 17.1 Å². The van der Waals surface area contributed by atoms with E-state index >= 15 is 0 Å². The van der Waals surface area contributed by atoms with Crippen LogP contribution in [0.4, 0.5) is 4.39 Å². The van der Waals surface area contributed by atoms with Crippen molar-refractivity contribution in [2.24, 2.45) is 0 Å². The molecule has 0 aromatic heterocycles. The number of benzene rings is 1. The monoisotopic (exact) mass is 187 g/mol. The van der Waals surface area contributed by atoms with Crippen LogP contribution in [0.3, 0.4) is 0 Å². The molecule has 2 heteroatoms. The summed E-state index contributed by atoms with van der Waals surface area (Å²) in [5.74, 6) is -0.281. The highest BCUT2D eigenvalue weighted by Crippen LogP contribution is 2.12. The van der Waals surface area contributed by atoms with Crippen LogP contribution in [0.1, 0.15) is 12.5 Å². The van der Waals surface area contributed by atoms with E-state index in [1.165, 1.54) is 12.1 Å². The van der Waals surface area contributed by atoms with Gasteiger partial charge in [0.05, 0.1) is 11.6 Å². The largest absolute Gasteiger partial charge is 0.207 e. The van der Waals surface area contributed by atoms with Crippen LogP contribution in [-0.4, -0.2) is 0 Å². The number of hydrogen-bond donors (Lipinski definition) is 0. The first kappa shape index (κ1) is 10.2. The van der Waals surface area contributed by atoms with Gasteiger partial charge in [-0.05, 0) is 36.3 Å². The third kappa shape index (κ3) is 2.56. The van der Waals surface area contributed by atoms with Crippen molar-refractivity contribution >= 4 is 6.08 Å². The number of rotatable bonds is 2. The maximum atomic E-state index is 12.6. The molecule has 0 saturated heterocycles. The number of nitriles is 1.